The van der Waals surface area contributed by atoms with E-state index in [4.69, 9.17) is 18.9 Å². The van der Waals surface area contributed by atoms with E-state index in [0.29, 0.717) is 50.1 Å². The van der Waals surface area contributed by atoms with Gasteiger partial charge in [-0.05, 0) is 47.5 Å². The van der Waals surface area contributed by atoms with Crippen LogP contribution in [0.5, 0.6) is 17.2 Å². The van der Waals surface area contributed by atoms with Gasteiger partial charge in [-0.25, -0.2) is 9.18 Å². The largest absolute Gasteiger partial charge is 0.497 e. The summed E-state index contributed by atoms with van der Waals surface area (Å²) in [4.78, 5) is 14.7. The second-order valence-electron chi connectivity index (χ2n) is 7.83. The number of benzene rings is 3. The minimum Gasteiger partial charge on any atom is -0.497 e. The van der Waals surface area contributed by atoms with Crippen molar-refractivity contribution in [2.45, 2.75) is 19.8 Å². The van der Waals surface area contributed by atoms with Gasteiger partial charge in [-0.3, -0.25) is 0 Å². The van der Waals surface area contributed by atoms with Gasteiger partial charge >= 0.3 is 6.03 Å². The summed E-state index contributed by atoms with van der Waals surface area (Å²) < 4.78 is 35.6. The molecule has 0 atom stereocenters. The maximum absolute atomic E-state index is 13.3. The Hall–Kier alpha value is -3.78. The van der Waals surface area contributed by atoms with Gasteiger partial charge in [0, 0.05) is 11.6 Å². The monoisotopic (exact) mass is 466 g/mol. The molecule has 0 bridgehead atoms. The fourth-order valence-corrected chi connectivity index (χ4v) is 3.73. The highest BCUT2D eigenvalue weighted by atomic mass is 19.1. The number of hydrogen-bond donors (Lipinski definition) is 1. The van der Waals surface area contributed by atoms with E-state index in [1.165, 1.54) is 12.1 Å². The first-order chi connectivity index (χ1) is 16.6. The van der Waals surface area contributed by atoms with Gasteiger partial charge in [-0.15, -0.1) is 0 Å². The fourth-order valence-electron chi connectivity index (χ4n) is 3.73. The molecule has 3 aromatic carbocycles. The summed E-state index contributed by atoms with van der Waals surface area (Å²) in [5.41, 5.74) is 3.12. The Morgan fingerprint density at radius 2 is 1.85 bits per heavy atom. The maximum Gasteiger partial charge on any atom is 0.322 e. The smallest absolute Gasteiger partial charge is 0.322 e. The van der Waals surface area contributed by atoms with Crippen molar-refractivity contribution in [1.29, 1.82) is 0 Å². The zero-order valence-electron chi connectivity index (χ0n) is 19.2. The maximum atomic E-state index is 13.3. The minimum absolute atomic E-state index is 0.268. The molecule has 1 aliphatic heterocycles. The molecule has 0 fully saturated rings. The lowest BCUT2D eigenvalue weighted by Crippen LogP contribution is -2.36. The summed E-state index contributed by atoms with van der Waals surface area (Å²) in [5.74, 6) is 1.61. The Bertz CT molecular complexity index is 1150. The molecular weight excluding hydrogens is 439 g/mol. The van der Waals surface area contributed by atoms with Crippen LogP contribution in [0.25, 0.3) is 0 Å². The van der Waals surface area contributed by atoms with Crippen LogP contribution in [0.1, 0.15) is 16.7 Å². The van der Waals surface area contributed by atoms with Crippen molar-refractivity contribution < 1.29 is 28.1 Å². The highest BCUT2D eigenvalue weighted by molar-refractivity contribution is 5.91. The number of nitrogens with one attached hydrogen (secondary N) is 1. The molecule has 1 heterocycles. The SMILES string of the molecule is COc1ccc(OC)c(NC(=O)N2CCOc3ccc(COCc4cccc(F)c4)cc3C2)c1. The Balaban J connectivity index is 1.42. The number of ether oxygens (including phenoxy) is 4. The van der Waals surface area contributed by atoms with Crippen molar-refractivity contribution in [3.05, 3.63) is 83.2 Å². The van der Waals surface area contributed by atoms with Gasteiger partial charge in [0.2, 0.25) is 0 Å². The lowest BCUT2D eigenvalue weighted by molar-refractivity contribution is 0.107. The molecule has 0 saturated carbocycles. The molecule has 34 heavy (non-hydrogen) atoms. The van der Waals surface area contributed by atoms with Crippen LogP contribution in [0, 0.1) is 5.82 Å². The van der Waals surface area contributed by atoms with E-state index in [1.54, 1.807) is 43.4 Å². The molecule has 1 N–H and O–H groups in total. The van der Waals surface area contributed by atoms with Crippen LogP contribution in [-0.4, -0.2) is 38.3 Å². The third-order valence-electron chi connectivity index (χ3n) is 5.47. The van der Waals surface area contributed by atoms with Crippen LogP contribution in [0.2, 0.25) is 0 Å². The number of urea groups is 1. The molecule has 0 saturated heterocycles. The van der Waals surface area contributed by atoms with Crippen molar-refractivity contribution >= 4 is 11.7 Å². The fraction of sp³-hybridized carbons (Fsp3) is 0.269. The lowest BCUT2D eigenvalue weighted by Gasteiger charge is -2.21. The molecular formula is C26H27FN2O5. The van der Waals surface area contributed by atoms with Gasteiger partial charge in [0.15, 0.2) is 0 Å². The summed E-state index contributed by atoms with van der Waals surface area (Å²) in [6, 6.07) is 17.1. The molecule has 0 radical (unpaired) electrons. The van der Waals surface area contributed by atoms with Crippen LogP contribution >= 0.6 is 0 Å². The molecule has 0 unspecified atom stereocenters. The van der Waals surface area contributed by atoms with E-state index < -0.39 is 0 Å². The van der Waals surface area contributed by atoms with E-state index in [1.807, 2.05) is 24.3 Å². The van der Waals surface area contributed by atoms with Gasteiger partial charge in [-0.2, -0.15) is 0 Å². The zero-order chi connectivity index (χ0) is 23.9. The molecule has 3 aromatic rings. The van der Waals surface area contributed by atoms with Gasteiger partial charge in [0.05, 0.1) is 46.2 Å². The first-order valence-corrected chi connectivity index (χ1v) is 10.9. The molecule has 2 amide bonds. The number of anilines is 1. The molecule has 1 aliphatic rings. The Labute approximate surface area is 198 Å². The highest BCUT2D eigenvalue weighted by Gasteiger charge is 2.21. The number of fused-ring (bicyclic) bond motifs is 1. The van der Waals surface area contributed by atoms with Gasteiger partial charge in [0.25, 0.3) is 0 Å². The molecule has 0 aromatic heterocycles. The van der Waals surface area contributed by atoms with E-state index in [9.17, 15) is 9.18 Å². The lowest BCUT2D eigenvalue weighted by atomic mass is 10.1. The number of nitrogens with zero attached hydrogens (tertiary/aromatic N) is 1. The Morgan fingerprint density at radius 1 is 1.03 bits per heavy atom. The van der Waals surface area contributed by atoms with Gasteiger partial charge in [-0.1, -0.05) is 18.2 Å². The van der Waals surface area contributed by atoms with Crippen LogP contribution < -0.4 is 19.5 Å². The summed E-state index contributed by atoms with van der Waals surface area (Å²) >= 11 is 0. The number of amides is 2. The standard InChI is InChI=1S/C26H27FN2O5/c1-31-22-7-9-25(32-2)23(14-22)28-26(30)29-10-11-34-24-8-6-19(12-20(24)15-29)17-33-16-18-4-3-5-21(27)13-18/h3-9,12-14H,10-11,15-17H2,1-2H3,(H,28,30). The second-order valence-corrected chi connectivity index (χ2v) is 7.83. The van der Waals surface area contributed by atoms with Crippen LogP contribution in [0.4, 0.5) is 14.9 Å². The van der Waals surface area contributed by atoms with Crippen molar-refractivity contribution in [2.24, 2.45) is 0 Å². The van der Waals surface area contributed by atoms with E-state index in [0.717, 1.165) is 22.4 Å². The van der Waals surface area contributed by atoms with E-state index in [-0.39, 0.29) is 11.8 Å². The number of carbonyl (C=O) groups is 1. The van der Waals surface area contributed by atoms with Crippen molar-refractivity contribution in [1.82, 2.24) is 4.90 Å². The van der Waals surface area contributed by atoms with Gasteiger partial charge < -0.3 is 29.2 Å². The Kier molecular flexibility index (Phi) is 7.49. The number of hydrogen-bond acceptors (Lipinski definition) is 5. The van der Waals surface area contributed by atoms with E-state index in [2.05, 4.69) is 5.32 Å². The van der Waals surface area contributed by atoms with Crippen molar-refractivity contribution in [2.75, 3.05) is 32.7 Å². The zero-order valence-corrected chi connectivity index (χ0v) is 19.2. The first-order valence-electron chi connectivity index (χ1n) is 10.9. The topological polar surface area (TPSA) is 69.3 Å². The Morgan fingerprint density at radius 3 is 2.62 bits per heavy atom. The molecule has 0 aliphatic carbocycles. The number of carbonyl (C=O) groups excluding carboxylic acids is 1. The van der Waals surface area contributed by atoms with Crippen LogP contribution in [-0.2, 0) is 24.5 Å². The number of methoxy groups -OCH3 is 2. The van der Waals surface area contributed by atoms with Crippen molar-refractivity contribution in [3.8, 4) is 17.2 Å². The predicted molar refractivity (Wildman–Crippen MR) is 126 cm³/mol. The number of rotatable bonds is 7. The summed E-state index contributed by atoms with van der Waals surface area (Å²) in [6.45, 7) is 1.85. The quantitative estimate of drug-likeness (QED) is 0.532. The van der Waals surface area contributed by atoms with Gasteiger partial charge in [0.1, 0.15) is 29.7 Å². The van der Waals surface area contributed by atoms with E-state index >= 15 is 0 Å². The molecule has 178 valence electrons. The minimum atomic E-state index is -0.284. The number of halogens is 1. The predicted octanol–water partition coefficient (Wildman–Crippen LogP) is 4.99. The molecule has 7 nitrogen and oxygen atoms in total. The summed E-state index contributed by atoms with van der Waals surface area (Å²) in [6.07, 6.45) is 0. The normalized spacial score (nSPS) is 12.9. The summed E-state index contributed by atoms with van der Waals surface area (Å²) in [7, 11) is 3.11. The van der Waals surface area contributed by atoms with Crippen molar-refractivity contribution in [3.63, 3.8) is 0 Å². The molecule has 4 rings (SSSR count). The second kappa shape index (κ2) is 10.9. The van der Waals surface area contributed by atoms with Crippen LogP contribution in [0.15, 0.2) is 60.7 Å². The first kappa shape index (κ1) is 23.4. The van der Waals surface area contributed by atoms with Crippen LogP contribution in [0.3, 0.4) is 0 Å². The highest BCUT2D eigenvalue weighted by Crippen LogP contribution is 2.30. The summed E-state index contributed by atoms with van der Waals surface area (Å²) in [5, 5.41) is 2.91. The average Bonchev–Trinajstić information content (AvgIpc) is 3.06. The molecule has 0 spiro atoms. The third-order valence-corrected chi connectivity index (χ3v) is 5.47. The third kappa shape index (κ3) is 5.77. The molecule has 8 heteroatoms. The average molecular weight is 467 g/mol.